The van der Waals surface area contributed by atoms with Crippen LogP contribution in [-0.2, 0) is 9.31 Å². The van der Waals surface area contributed by atoms with Crippen LogP contribution < -0.4 is 16.5 Å². The van der Waals surface area contributed by atoms with Crippen molar-refractivity contribution in [1.29, 1.82) is 0 Å². The molecule has 21 heavy (non-hydrogen) atoms. The van der Waals surface area contributed by atoms with Gasteiger partial charge in [0.15, 0.2) is 0 Å². The maximum atomic E-state index is 6.08. The van der Waals surface area contributed by atoms with Crippen LogP contribution in [0.25, 0.3) is 0 Å². The first-order valence-electron chi connectivity index (χ1n) is 7.45. The van der Waals surface area contributed by atoms with Gasteiger partial charge in [-0.3, -0.25) is 0 Å². The third-order valence-corrected chi connectivity index (χ3v) is 4.11. The monoisotopic (exact) mass is 290 g/mol. The molecule has 1 fully saturated rings. The van der Waals surface area contributed by atoms with Crippen molar-refractivity contribution in [3.8, 4) is 0 Å². The number of anilines is 2. The highest BCUT2D eigenvalue weighted by Crippen LogP contribution is 2.36. The number of nitrogens with two attached hydrogens (primary N) is 1. The molecule has 2 rings (SSSR count). The molecule has 0 aliphatic carbocycles. The molecule has 0 bridgehead atoms. The quantitative estimate of drug-likeness (QED) is 0.649. The van der Waals surface area contributed by atoms with E-state index in [0.717, 1.165) is 16.8 Å². The summed E-state index contributed by atoms with van der Waals surface area (Å²) in [5.74, 6) is 0. The molecule has 0 aromatic heterocycles. The summed E-state index contributed by atoms with van der Waals surface area (Å²) in [7, 11) is -0.365. The van der Waals surface area contributed by atoms with Gasteiger partial charge in [-0.15, -0.1) is 0 Å². The van der Waals surface area contributed by atoms with Crippen LogP contribution in [0, 0.1) is 0 Å². The van der Waals surface area contributed by atoms with Gasteiger partial charge >= 0.3 is 7.12 Å². The Kier molecular flexibility index (Phi) is 3.79. The summed E-state index contributed by atoms with van der Waals surface area (Å²) in [5.41, 5.74) is 7.95. The lowest BCUT2D eigenvalue weighted by molar-refractivity contribution is 0.00578. The summed E-state index contributed by atoms with van der Waals surface area (Å²) < 4.78 is 12.2. The summed E-state index contributed by atoms with van der Waals surface area (Å²) in [4.78, 5) is 0. The molecule has 116 valence electrons. The molecule has 5 heteroatoms. The Morgan fingerprint density at radius 3 is 2.05 bits per heavy atom. The van der Waals surface area contributed by atoms with Crippen LogP contribution in [0.2, 0.25) is 0 Å². The molecule has 0 atom stereocenters. The van der Waals surface area contributed by atoms with Crippen molar-refractivity contribution in [2.45, 2.75) is 65.2 Å². The van der Waals surface area contributed by atoms with E-state index in [4.69, 9.17) is 15.0 Å². The van der Waals surface area contributed by atoms with Gasteiger partial charge in [0.2, 0.25) is 0 Å². The molecular formula is C16H27BN2O2. The molecule has 0 radical (unpaired) electrons. The van der Waals surface area contributed by atoms with Gasteiger partial charge in [-0.05, 0) is 66.1 Å². The highest BCUT2D eigenvalue weighted by Gasteiger charge is 2.51. The first kappa shape index (κ1) is 16.2. The third-order valence-electron chi connectivity index (χ3n) is 4.11. The molecule has 1 saturated heterocycles. The van der Waals surface area contributed by atoms with Crippen LogP contribution in [0.3, 0.4) is 0 Å². The molecule has 1 aromatic rings. The standard InChI is InChI=1S/C16H27BN2O2/c1-14(2,3)19-13-10-11(8-9-12(13)18)17-20-15(4,5)16(6,7)21-17/h8-10,19H,18H2,1-7H3. The molecule has 0 spiro atoms. The second-order valence-corrected chi connectivity index (χ2v) is 7.81. The fraction of sp³-hybridized carbons (Fsp3) is 0.625. The smallest absolute Gasteiger partial charge is 0.399 e. The number of benzene rings is 1. The number of hydrogen-bond donors (Lipinski definition) is 2. The summed E-state index contributed by atoms with van der Waals surface area (Å²) in [6.45, 7) is 14.5. The van der Waals surface area contributed by atoms with Gasteiger partial charge in [-0.2, -0.15) is 0 Å². The number of nitrogen functional groups attached to an aromatic ring is 1. The Morgan fingerprint density at radius 2 is 1.57 bits per heavy atom. The van der Waals surface area contributed by atoms with Gasteiger partial charge < -0.3 is 20.4 Å². The Morgan fingerprint density at radius 1 is 1.05 bits per heavy atom. The fourth-order valence-corrected chi connectivity index (χ4v) is 2.21. The van der Waals surface area contributed by atoms with Gasteiger partial charge in [0, 0.05) is 5.54 Å². The van der Waals surface area contributed by atoms with Crippen molar-refractivity contribution in [1.82, 2.24) is 0 Å². The zero-order valence-corrected chi connectivity index (χ0v) is 14.2. The van der Waals surface area contributed by atoms with Crippen LogP contribution >= 0.6 is 0 Å². The van der Waals surface area contributed by atoms with E-state index in [1.54, 1.807) is 0 Å². The minimum atomic E-state index is -0.365. The third kappa shape index (κ3) is 3.35. The van der Waals surface area contributed by atoms with Crippen molar-refractivity contribution in [2.75, 3.05) is 11.1 Å². The molecule has 3 N–H and O–H groups in total. The lowest BCUT2D eigenvalue weighted by Gasteiger charge is -2.32. The SMILES string of the molecule is CC(C)(C)Nc1cc(B2OC(C)(C)C(C)(C)O2)ccc1N. The summed E-state index contributed by atoms with van der Waals surface area (Å²) in [6, 6.07) is 5.88. The number of rotatable bonds is 2. The van der Waals surface area contributed by atoms with E-state index in [2.05, 4.69) is 53.8 Å². The topological polar surface area (TPSA) is 56.5 Å². The van der Waals surface area contributed by atoms with Gasteiger partial charge in [-0.25, -0.2) is 0 Å². The van der Waals surface area contributed by atoms with Gasteiger partial charge in [-0.1, -0.05) is 6.07 Å². The molecule has 0 unspecified atom stereocenters. The minimum absolute atomic E-state index is 0.0529. The highest BCUT2D eigenvalue weighted by atomic mass is 16.7. The predicted octanol–water partition coefficient (Wildman–Crippen LogP) is 2.78. The maximum Gasteiger partial charge on any atom is 0.494 e. The molecule has 1 aliphatic rings. The zero-order valence-electron chi connectivity index (χ0n) is 14.2. The van der Waals surface area contributed by atoms with Crippen molar-refractivity contribution in [2.24, 2.45) is 0 Å². The molecule has 4 nitrogen and oxygen atoms in total. The van der Waals surface area contributed by atoms with Crippen molar-refractivity contribution in [3.63, 3.8) is 0 Å². The molecule has 0 saturated carbocycles. The van der Waals surface area contributed by atoms with E-state index in [1.807, 2.05) is 18.2 Å². The van der Waals surface area contributed by atoms with E-state index >= 15 is 0 Å². The van der Waals surface area contributed by atoms with E-state index < -0.39 is 0 Å². The lowest BCUT2D eigenvalue weighted by Crippen LogP contribution is -2.41. The Balaban J connectivity index is 2.29. The van der Waals surface area contributed by atoms with Crippen molar-refractivity contribution >= 4 is 24.0 Å². The van der Waals surface area contributed by atoms with Crippen LogP contribution in [0.4, 0.5) is 11.4 Å². The second-order valence-electron chi connectivity index (χ2n) is 7.81. The normalized spacial score (nSPS) is 20.6. The lowest BCUT2D eigenvalue weighted by atomic mass is 9.78. The number of hydrogen-bond acceptors (Lipinski definition) is 4. The average Bonchev–Trinajstić information content (AvgIpc) is 2.49. The van der Waals surface area contributed by atoms with E-state index in [9.17, 15) is 0 Å². The Hall–Kier alpha value is -1.20. The van der Waals surface area contributed by atoms with Crippen LogP contribution in [-0.4, -0.2) is 23.9 Å². The maximum absolute atomic E-state index is 6.08. The first-order valence-corrected chi connectivity index (χ1v) is 7.45. The highest BCUT2D eigenvalue weighted by molar-refractivity contribution is 6.62. The first-order chi connectivity index (χ1) is 9.41. The second kappa shape index (κ2) is 4.92. The zero-order chi connectivity index (χ0) is 16.1. The molecular weight excluding hydrogens is 263 g/mol. The van der Waals surface area contributed by atoms with Gasteiger partial charge in [0.1, 0.15) is 0 Å². The van der Waals surface area contributed by atoms with Gasteiger partial charge in [0.05, 0.1) is 22.6 Å². The van der Waals surface area contributed by atoms with Crippen molar-refractivity contribution < 1.29 is 9.31 Å². The molecule has 1 aliphatic heterocycles. The Labute approximate surface area is 128 Å². The van der Waals surface area contributed by atoms with E-state index in [1.165, 1.54) is 0 Å². The number of nitrogens with one attached hydrogen (secondary N) is 1. The van der Waals surface area contributed by atoms with Crippen molar-refractivity contribution in [3.05, 3.63) is 18.2 Å². The molecule has 0 amide bonds. The van der Waals surface area contributed by atoms with E-state index in [0.29, 0.717) is 0 Å². The molecule has 1 aromatic carbocycles. The molecule has 1 heterocycles. The van der Waals surface area contributed by atoms with Crippen LogP contribution in [0.5, 0.6) is 0 Å². The Bertz CT molecular complexity index is 520. The summed E-state index contributed by atoms with van der Waals surface area (Å²) in [6.07, 6.45) is 0. The largest absolute Gasteiger partial charge is 0.494 e. The van der Waals surface area contributed by atoms with Crippen LogP contribution in [0.15, 0.2) is 18.2 Å². The minimum Gasteiger partial charge on any atom is -0.399 e. The van der Waals surface area contributed by atoms with E-state index in [-0.39, 0.29) is 23.9 Å². The fourth-order valence-electron chi connectivity index (χ4n) is 2.21. The summed E-state index contributed by atoms with van der Waals surface area (Å²) in [5, 5.41) is 3.42. The van der Waals surface area contributed by atoms with Crippen LogP contribution in [0.1, 0.15) is 48.5 Å². The average molecular weight is 290 g/mol. The summed E-state index contributed by atoms with van der Waals surface area (Å²) >= 11 is 0. The predicted molar refractivity (Wildman–Crippen MR) is 89.9 cm³/mol. The van der Waals surface area contributed by atoms with Gasteiger partial charge in [0.25, 0.3) is 0 Å².